The molecule has 3 heterocycles. The van der Waals surface area contributed by atoms with Gasteiger partial charge in [-0.1, -0.05) is 40.5 Å². The molecule has 10 heteroatoms. The molecule has 5 rings (SSSR count). The van der Waals surface area contributed by atoms with Gasteiger partial charge in [0.1, 0.15) is 6.33 Å². The Balaban J connectivity index is 1.30. The molecule has 2 aromatic carbocycles. The van der Waals surface area contributed by atoms with E-state index in [1.807, 2.05) is 29.2 Å². The summed E-state index contributed by atoms with van der Waals surface area (Å²) in [5, 5.41) is 9.91. The van der Waals surface area contributed by atoms with Gasteiger partial charge in [-0.05, 0) is 42.0 Å². The van der Waals surface area contributed by atoms with Crippen LogP contribution >= 0.6 is 23.2 Å². The molecule has 32 heavy (non-hydrogen) atoms. The Hall–Kier alpha value is -3.23. The third kappa shape index (κ3) is 4.11. The maximum Gasteiger partial charge on any atom is 0.227 e. The van der Waals surface area contributed by atoms with Crippen LogP contribution in [0.4, 0.5) is 5.82 Å². The maximum atomic E-state index is 12.7. The number of hydrogen-bond acceptors (Lipinski definition) is 6. The molecule has 0 bridgehead atoms. The molecular formula is C22H19Cl2N7O. The van der Waals surface area contributed by atoms with Gasteiger partial charge in [-0.3, -0.25) is 4.79 Å². The Morgan fingerprint density at radius 2 is 1.53 bits per heavy atom. The fourth-order valence-electron chi connectivity index (χ4n) is 3.78. The van der Waals surface area contributed by atoms with Crippen LogP contribution < -0.4 is 4.90 Å². The van der Waals surface area contributed by atoms with Crippen LogP contribution in [0.1, 0.15) is 5.56 Å². The van der Waals surface area contributed by atoms with E-state index < -0.39 is 0 Å². The highest BCUT2D eigenvalue weighted by molar-refractivity contribution is 6.30. The van der Waals surface area contributed by atoms with Crippen LogP contribution in [0.2, 0.25) is 10.0 Å². The molecule has 0 unspecified atom stereocenters. The number of aromatic nitrogens is 5. The van der Waals surface area contributed by atoms with Crippen LogP contribution in [0.25, 0.3) is 16.9 Å². The first-order chi connectivity index (χ1) is 15.6. The van der Waals surface area contributed by atoms with E-state index in [2.05, 4.69) is 25.2 Å². The van der Waals surface area contributed by atoms with Crippen molar-refractivity contribution in [1.29, 1.82) is 0 Å². The van der Waals surface area contributed by atoms with Crippen molar-refractivity contribution in [2.75, 3.05) is 31.1 Å². The number of hydrogen-bond donors (Lipinski definition) is 0. The number of carbonyl (C=O) groups excluding carboxylic acids is 1. The SMILES string of the molecule is O=C(Cc1ccc(Cl)cc1)N1CCN(c2ncnc3c2nnn3-c2ccc(Cl)cc2)CC1. The predicted octanol–water partition coefficient (Wildman–Crippen LogP) is 3.41. The number of anilines is 1. The molecule has 1 aliphatic heterocycles. The minimum absolute atomic E-state index is 0.105. The third-order valence-electron chi connectivity index (χ3n) is 5.49. The molecule has 0 spiro atoms. The topological polar surface area (TPSA) is 80.0 Å². The molecule has 4 aromatic rings. The largest absolute Gasteiger partial charge is 0.351 e. The molecule has 0 atom stereocenters. The summed E-state index contributed by atoms with van der Waals surface area (Å²) in [6.45, 7) is 2.55. The molecule has 1 amide bonds. The van der Waals surface area contributed by atoms with E-state index in [4.69, 9.17) is 23.2 Å². The van der Waals surface area contributed by atoms with Gasteiger partial charge in [0.05, 0.1) is 12.1 Å². The molecule has 0 saturated carbocycles. The summed E-state index contributed by atoms with van der Waals surface area (Å²) in [6.07, 6.45) is 1.88. The predicted molar refractivity (Wildman–Crippen MR) is 123 cm³/mol. The number of halogens is 2. The molecule has 0 aliphatic carbocycles. The van der Waals surface area contributed by atoms with Gasteiger partial charge in [0.15, 0.2) is 17.0 Å². The van der Waals surface area contributed by atoms with E-state index in [-0.39, 0.29) is 5.91 Å². The Bertz CT molecular complexity index is 1250. The van der Waals surface area contributed by atoms with Crippen LogP contribution in [-0.2, 0) is 11.2 Å². The quantitative estimate of drug-likeness (QED) is 0.457. The van der Waals surface area contributed by atoms with Crippen LogP contribution in [0.3, 0.4) is 0 Å². The van der Waals surface area contributed by atoms with Crippen LogP contribution in [0.5, 0.6) is 0 Å². The van der Waals surface area contributed by atoms with Crippen LogP contribution in [0, 0.1) is 0 Å². The van der Waals surface area contributed by atoms with Crippen molar-refractivity contribution in [3.63, 3.8) is 0 Å². The zero-order valence-corrected chi connectivity index (χ0v) is 18.5. The van der Waals surface area contributed by atoms with Gasteiger partial charge < -0.3 is 9.80 Å². The van der Waals surface area contributed by atoms with Gasteiger partial charge >= 0.3 is 0 Å². The molecule has 1 aliphatic rings. The number of nitrogens with zero attached hydrogens (tertiary/aromatic N) is 7. The van der Waals surface area contributed by atoms with Crippen molar-refractivity contribution in [2.45, 2.75) is 6.42 Å². The number of carbonyl (C=O) groups is 1. The average Bonchev–Trinajstić information content (AvgIpc) is 3.25. The summed E-state index contributed by atoms with van der Waals surface area (Å²) >= 11 is 11.9. The Morgan fingerprint density at radius 1 is 0.875 bits per heavy atom. The number of benzene rings is 2. The summed E-state index contributed by atoms with van der Waals surface area (Å²) in [4.78, 5) is 25.6. The summed E-state index contributed by atoms with van der Waals surface area (Å²) in [6, 6.07) is 14.7. The zero-order valence-electron chi connectivity index (χ0n) is 17.0. The Kier molecular flexibility index (Phi) is 5.63. The second-order valence-corrected chi connectivity index (χ2v) is 8.39. The number of amides is 1. The normalized spacial score (nSPS) is 14.2. The second-order valence-electron chi connectivity index (χ2n) is 7.52. The first-order valence-corrected chi connectivity index (χ1v) is 10.9. The van der Waals surface area contributed by atoms with Crippen LogP contribution in [-0.4, -0.2) is 61.9 Å². The molecule has 8 nitrogen and oxygen atoms in total. The number of fused-ring (bicyclic) bond motifs is 1. The second kappa shape index (κ2) is 8.72. The van der Waals surface area contributed by atoms with Crippen molar-refractivity contribution < 1.29 is 4.79 Å². The smallest absolute Gasteiger partial charge is 0.227 e. The first-order valence-electron chi connectivity index (χ1n) is 10.2. The van der Waals surface area contributed by atoms with Gasteiger partial charge in [0.2, 0.25) is 5.91 Å². The van der Waals surface area contributed by atoms with E-state index in [0.29, 0.717) is 53.8 Å². The lowest BCUT2D eigenvalue weighted by atomic mass is 10.1. The fourth-order valence-corrected chi connectivity index (χ4v) is 4.03. The van der Waals surface area contributed by atoms with E-state index in [1.165, 1.54) is 6.33 Å². The summed E-state index contributed by atoms with van der Waals surface area (Å²) in [5.41, 5.74) is 3.03. The van der Waals surface area contributed by atoms with Crippen molar-refractivity contribution in [3.05, 3.63) is 70.5 Å². The standard InChI is InChI=1S/C22H19Cl2N7O/c23-16-3-1-15(2-4-16)13-19(32)29-9-11-30(12-10-29)21-20-22(26-14-25-21)31(28-27-20)18-7-5-17(24)6-8-18/h1-8,14H,9-13H2. The molecular weight excluding hydrogens is 449 g/mol. The van der Waals surface area contributed by atoms with Crippen molar-refractivity contribution in [1.82, 2.24) is 29.9 Å². The van der Waals surface area contributed by atoms with Crippen LogP contribution in [0.15, 0.2) is 54.9 Å². The first kappa shape index (κ1) is 20.7. The van der Waals surface area contributed by atoms with E-state index in [0.717, 1.165) is 17.1 Å². The molecule has 0 radical (unpaired) electrons. The lowest BCUT2D eigenvalue weighted by molar-refractivity contribution is -0.130. The third-order valence-corrected chi connectivity index (χ3v) is 5.99. The van der Waals surface area contributed by atoms with E-state index in [9.17, 15) is 4.79 Å². The highest BCUT2D eigenvalue weighted by Crippen LogP contribution is 2.24. The van der Waals surface area contributed by atoms with Gasteiger partial charge in [-0.2, -0.15) is 4.68 Å². The lowest BCUT2D eigenvalue weighted by Gasteiger charge is -2.35. The maximum absolute atomic E-state index is 12.7. The molecule has 0 N–H and O–H groups in total. The van der Waals surface area contributed by atoms with Crippen molar-refractivity contribution in [2.24, 2.45) is 0 Å². The van der Waals surface area contributed by atoms with E-state index >= 15 is 0 Å². The highest BCUT2D eigenvalue weighted by atomic mass is 35.5. The van der Waals surface area contributed by atoms with Crippen molar-refractivity contribution in [3.8, 4) is 5.69 Å². The van der Waals surface area contributed by atoms with Gasteiger partial charge in [0.25, 0.3) is 0 Å². The molecule has 162 valence electrons. The Labute approximate surface area is 194 Å². The molecule has 1 fully saturated rings. The number of piperazine rings is 1. The van der Waals surface area contributed by atoms with E-state index in [1.54, 1.807) is 28.9 Å². The molecule has 2 aromatic heterocycles. The zero-order chi connectivity index (χ0) is 22.1. The lowest BCUT2D eigenvalue weighted by Crippen LogP contribution is -2.49. The van der Waals surface area contributed by atoms with Gasteiger partial charge in [-0.25, -0.2) is 9.97 Å². The number of rotatable bonds is 4. The van der Waals surface area contributed by atoms with Gasteiger partial charge in [0, 0.05) is 36.2 Å². The Morgan fingerprint density at radius 3 is 2.22 bits per heavy atom. The highest BCUT2D eigenvalue weighted by Gasteiger charge is 2.25. The minimum Gasteiger partial charge on any atom is -0.351 e. The monoisotopic (exact) mass is 467 g/mol. The fraction of sp³-hybridized carbons (Fsp3) is 0.227. The molecule has 1 saturated heterocycles. The summed E-state index contributed by atoms with van der Waals surface area (Å²) in [7, 11) is 0. The van der Waals surface area contributed by atoms with Gasteiger partial charge in [-0.15, -0.1) is 5.10 Å². The minimum atomic E-state index is 0.105. The van der Waals surface area contributed by atoms with Crippen molar-refractivity contribution >= 4 is 46.1 Å². The summed E-state index contributed by atoms with van der Waals surface area (Å²) in [5.74, 6) is 0.827. The summed E-state index contributed by atoms with van der Waals surface area (Å²) < 4.78 is 1.67. The average molecular weight is 468 g/mol.